The molecule has 0 aliphatic heterocycles. The van der Waals surface area contributed by atoms with Crippen molar-refractivity contribution in [1.29, 1.82) is 0 Å². The number of anilines is 1. The van der Waals surface area contributed by atoms with Crippen LogP contribution in [0, 0.1) is 0 Å². The predicted octanol–water partition coefficient (Wildman–Crippen LogP) is 1.86. The number of aryl methyl sites for hydroxylation is 1. The number of thiazole rings is 1. The zero-order chi connectivity index (χ0) is 18.0. The van der Waals surface area contributed by atoms with Crippen LogP contribution >= 0.6 is 11.3 Å². The van der Waals surface area contributed by atoms with Gasteiger partial charge in [-0.2, -0.15) is 0 Å². The molecule has 0 aliphatic carbocycles. The van der Waals surface area contributed by atoms with Gasteiger partial charge in [-0.25, -0.2) is 13.8 Å². The summed E-state index contributed by atoms with van der Waals surface area (Å²) < 4.78 is 28.1. The van der Waals surface area contributed by atoms with E-state index < -0.39 is 15.9 Å². The van der Waals surface area contributed by atoms with Crippen molar-refractivity contribution >= 4 is 43.2 Å². The maximum atomic E-state index is 12.4. The second kappa shape index (κ2) is 6.69. The van der Waals surface area contributed by atoms with E-state index in [-0.39, 0.29) is 11.3 Å². The lowest BCUT2D eigenvalue weighted by Crippen LogP contribution is -2.24. The van der Waals surface area contributed by atoms with Gasteiger partial charge in [0, 0.05) is 7.05 Å². The van der Waals surface area contributed by atoms with Crippen LogP contribution in [0.3, 0.4) is 0 Å². The summed E-state index contributed by atoms with van der Waals surface area (Å²) in [6.45, 7) is 0. The van der Waals surface area contributed by atoms with E-state index in [1.54, 1.807) is 12.1 Å². The molecule has 0 bridgehead atoms. The zero-order valence-corrected chi connectivity index (χ0v) is 15.2. The molecule has 0 spiro atoms. The van der Waals surface area contributed by atoms with Gasteiger partial charge in [0.25, 0.3) is 5.91 Å². The van der Waals surface area contributed by atoms with Gasteiger partial charge in [-0.3, -0.25) is 9.52 Å². The molecule has 0 fully saturated rings. The Morgan fingerprint density at radius 1 is 1.12 bits per heavy atom. The molecule has 25 heavy (non-hydrogen) atoms. The number of hydrogen-bond acceptors (Lipinski definition) is 5. The van der Waals surface area contributed by atoms with Crippen LogP contribution in [0.25, 0.3) is 10.2 Å². The van der Waals surface area contributed by atoms with Gasteiger partial charge in [0.05, 0.1) is 27.7 Å². The normalized spacial score (nSPS) is 12.3. The van der Waals surface area contributed by atoms with Crippen LogP contribution in [0.4, 0.5) is 5.69 Å². The summed E-state index contributed by atoms with van der Waals surface area (Å²) in [7, 11) is -1.62. The summed E-state index contributed by atoms with van der Waals surface area (Å²) >= 11 is 1.45. The van der Waals surface area contributed by atoms with E-state index in [2.05, 4.69) is 15.2 Å². The fourth-order valence-electron chi connectivity index (χ4n) is 2.32. The van der Waals surface area contributed by atoms with Crippen molar-refractivity contribution in [2.45, 2.75) is 0 Å². The maximum Gasteiger partial charge on any atom is 0.273 e. The van der Waals surface area contributed by atoms with Crippen molar-refractivity contribution in [3.8, 4) is 0 Å². The number of amides is 1. The van der Waals surface area contributed by atoms with Crippen molar-refractivity contribution in [3.63, 3.8) is 0 Å². The van der Waals surface area contributed by atoms with Gasteiger partial charge in [-0.1, -0.05) is 35.6 Å². The van der Waals surface area contributed by atoms with Crippen molar-refractivity contribution in [3.05, 3.63) is 58.9 Å². The number of carbonyl (C=O) groups excluding carboxylic acids is 1. The number of rotatable bonds is 4. The highest BCUT2D eigenvalue weighted by Gasteiger charge is 2.13. The smallest absolute Gasteiger partial charge is 0.273 e. The van der Waals surface area contributed by atoms with E-state index in [1.165, 1.54) is 23.5 Å². The largest absolute Gasteiger partial charge is 0.318 e. The Morgan fingerprint density at radius 3 is 2.52 bits per heavy atom. The Morgan fingerprint density at radius 2 is 1.80 bits per heavy atom. The first-order chi connectivity index (χ1) is 11.8. The highest BCUT2D eigenvalue weighted by Crippen LogP contribution is 2.17. The molecule has 1 heterocycles. The van der Waals surface area contributed by atoms with Gasteiger partial charge in [0.15, 0.2) is 0 Å². The standard InChI is InChI=1S/C16H16N4O3S2/c1-20-13-9-5-6-10-14(13)24-16(20)18-17-15(21)11-7-3-4-8-12(11)19-25(2,22)23/h3-10,19H,1-2H3,(H,17,21)/b18-16+. The molecular formula is C16H16N4O3S2. The molecule has 0 aliphatic rings. The molecule has 0 saturated heterocycles. The Kier molecular flexibility index (Phi) is 4.60. The number of sulfonamides is 1. The summed E-state index contributed by atoms with van der Waals surface area (Å²) in [5, 5.41) is 4.16. The summed E-state index contributed by atoms with van der Waals surface area (Å²) in [5.41, 5.74) is 3.90. The lowest BCUT2D eigenvalue weighted by molar-refractivity contribution is 0.0954. The Hall–Kier alpha value is -2.65. The molecule has 2 N–H and O–H groups in total. The van der Waals surface area contributed by atoms with E-state index in [4.69, 9.17) is 0 Å². The van der Waals surface area contributed by atoms with E-state index in [0.717, 1.165) is 16.5 Å². The van der Waals surface area contributed by atoms with Crippen LogP contribution < -0.4 is 14.9 Å². The lowest BCUT2D eigenvalue weighted by Gasteiger charge is -2.08. The van der Waals surface area contributed by atoms with E-state index >= 15 is 0 Å². The van der Waals surface area contributed by atoms with Crippen molar-refractivity contribution in [2.75, 3.05) is 11.0 Å². The topological polar surface area (TPSA) is 92.6 Å². The molecule has 1 amide bonds. The van der Waals surface area contributed by atoms with Gasteiger partial charge >= 0.3 is 0 Å². The first-order valence-corrected chi connectivity index (χ1v) is 10.0. The first kappa shape index (κ1) is 17.2. The zero-order valence-electron chi connectivity index (χ0n) is 13.6. The molecule has 0 saturated carbocycles. The minimum absolute atomic E-state index is 0.195. The molecule has 1 aromatic heterocycles. The lowest BCUT2D eigenvalue weighted by atomic mass is 10.2. The van der Waals surface area contributed by atoms with Crippen LogP contribution in [0.5, 0.6) is 0 Å². The van der Waals surface area contributed by atoms with E-state index in [0.29, 0.717) is 4.80 Å². The highest BCUT2D eigenvalue weighted by atomic mass is 32.2. The summed E-state index contributed by atoms with van der Waals surface area (Å²) in [6.07, 6.45) is 1.03. The van der Waals surface area contributed by atoms with Crippen LogP contribution in [-0.2, 0) is 17.1 Å². The SMILES string of the molecule is Cn1/c(=N\NC(=O)c2ccccc2NS(C)(=O)=O)sc2ccccc21. The Bertz CT molecular complexity index is 1110. The Labute approximate surface area is 148 Å². The summed E-state index contributed by atoms with van der Waals surface area (Å²) in [6, 6.07) is 14.2. The fourth-order valence-corrected chi connectivity index (χ4v) is 3.87. The van der Waals surface area contributed by atoms with Gasteiger partial charge in [0.2, 0.25) is 14.8 Å². The summed E-state index contributed by atoms with van der Waals surface area (Å²) in [4.78, 5) is 13.0. The average molecular weight is 376 g/mol. The quantitative estimate of drug-likeness (QED) is 0.681. The number of para-hydroxylation sites is 2. The second-order valence-corrected chi connectivity index (χ2v) is 8.14. The molecule has 0 radical (unpaired) electrons. The van der Waals surface area contributed by atoms with Crippen LogP contribution in [0.1, 0.15) is 10.4 Å². The summed E-state index contributed by atoms with van der Waals surface area (Å²) in [5.74, 6) is -0.496. The van der Waals surface area contributed by atoms with Crippen LogP contribution in [-0.4, -0.2) is 25.1 Å². The highest BCUT2D eigenvalue weighted by molar-refractivity contribution is 7.92. The number of fused-ring (bicyclic) bond motifs is 1. The fraction of sp³-hybridized carbons (Fsp3) is 0.125. The predicted molar refractivity (Wildman–Crippen MR) is 98.7 cm³/mol. The minimum atomic E-state index is -3.49. The number of nitrogens with zero attached hydrogens (tertiary/aromatic N) is 2. The average Bonchev–Trinajstić information content (AvgIpc) is 2.88. The van der Waals surface area contributed by atoms with Gasteiger partial charge in [0.1, 0.15) is 0 Å². The Balaban J connectivity index is 1.91. The van der Waals surface area contributed by atoms with Crippen molar-refractivity contribution < 1.29 is 13.2 Å². The van der Waals surface area contributed by atoms with Gasteiger partial charge in [-0.15, -0.1) is 5.10 Å². The molecule has 130 valence electrons. The molecule has 2 aromatic carbocycles. The number of carbonyl (C=O) groups is 1. The van der Waals surface area contributed by atoms with Crippen molar-refractivity contribution in [2.24, 2.45) is 12.1 Å². The van der Waals surface area contributed by atoms with Crippen molar-refractivity contribution in [1.82, 2.24) is 9.99 Å². The van der Waals surface area contributed by atoms with Gasteiger partial charge < -0.3 is 4.57 Å². The van der Waals surface area contributed by atoms with E-state index in [1.807, 2.05) is 35.9 Å². The molecule has 7 nitrogen and oxygen atoms in total. The van der Waals surface area contributed by atoms with Crippen LogP contribution in [0.2, 0.25) is 0 Å². The maximum absolute atomic E-state index is 12.4. The third kappa shape index (κ3) is 3.89. The number of hydrogen-bond donors (Lipinski definition) is 2. The second-order valence-electron chi connectivity index (χ2n) is 5.38. The third-order valence-electron chi connectivity index (χ3n) is 3.43. The molecule has 0 unspecified atom stereocenters. The monoisotopic (exact) mass is 376 g/mol. The number of nitrogens with one attached hydrogen (secondary N) is 2. The van der Waals surface area contributed by atoms with Gasteiger partial charge in [-0.05, 0) is 24.3 Å². The molecule has 3 rings (SSSR count). The third-order valence-corrected chi connectivity index (χ3v) is 5.14. The molecule has 0 atom stereocenters. The van der Waals surface area contributed by atoms with E-state index in [9.17, 15) is 13.2 Å². The minimum Gasteiger partial charge on any atom is -0.318 e. The molecule has 9 heteroatoms. The molecule has 3 aromatic rings. The number of benzene rings is 2. The first-order valence-electron chi connectivity index (χ1n) is 7.30. The number of aromatic nitrogens is 1. The van der Waals surface area contributed by atoms with Crippen LogP contribution in [0.15, 0.2) is 53.6 Å². The molecular weight excluding hydrogens is 360 g/mol.